The molecule has 1 saturated heterocycles. The molecule has 3 rings (SSSR count). The summed E-state index contributed by atoms with van der Waals surface area (Å²) in [4.78, 5) is 4.76. The molecule has 0 aliphatic carbocycles. The summed E-state index contributed by atoms with van der Waals surface area (Å²) >= 11 is 0. The molecule has 1 aromatic heterocycles. The van der Waals surface area contributed by atoms with E-state index in [9.17, 15) is 0 Å². The Balaban J connectivity index is 1.82. The Morgan fingerprint density at radius 3 is 3.05 bits per heavy atom. The minimum Gasteiger partial charge on any atom is -0.381 e. The third-order valence-electron chi connectivity index (χ3n) is 4.27. The number of aromatic nitrogens is 2. The van der Waals surface area contributed by atoms with Crippen LogP contribution in [0.4, 0.5) is 0 Å². The summed E-state index contributed by atoms with van der Waals surface area (Å²) in [5.74, 6) is 1.57. The molecule has 108 valence electrons. The average Bonchev–Trinajstić information content (AvgIpc) is 2.85. The highest BCUT2D eigenvalue weighted by molar-refractivity contribution is 5.75. The molecule has 1 fully saturated rings. The zero-order valence-corrected chi connectivity index (χ0v) is 12.1. The smallest absolute Gasteiger partial charge is 0.111 e. The molecule has 1 aromatic carbocycles. The maximum atomic E-state index is 6.39. The number of rotatable bonds is 4. The van der Waals surface area contributed by atoms with E-state index in [0.717, 1.165) is 43.9 Å². The predicted octanol–water partition coefficient (Wildman–Crippen LogP) is 2.35. The molecule has 1 aliphatic heterocycles. The van der Waals surface area contributed by atoms with E-state index in [-0.39, 0.29) is 6.04 Å². The third kappa shape index (κ3) is 2.58. The number of ether oxygens (including phenoxy) is 1. The SMILES string of the molecule is CCn1c(CC(N)C2CCCOC2)nc2ccccc21. The molecule has 0 radical (unpaired) electrons. The maximum Gasteiger partial charge on any atom is 0.111 e. The standard InChI is InChI=1S/C16H23N3O/c1-2-19-15-8-4-3-7-14(15)18-16(19)10-13(17)12-6-5-9-20-11-12/h3-4,7-8,12-13H,2,5-6,9-11,17H2,1H3. The monoisotopic (exact) mass is 273 g/mol. The number of para-hydroxylation sites is 2. The fraction of sp³-hybridized carbons (Fsp3) is 0.562. The van der Waals surface area contributed by atoms with Crippen molar-refractivity contribution in [2.75, 3.05) is 13.2 Å². The zero-order valence-electron chi connectivity index (χ0n) is 12.1. The molecule has 4 heteroatoms. The lowest BCUT2D eigenvalue weighted by Gasteiger charge is -2.27. The van der Waals surface area contributed by atoms with Gasteiger partial charge in [-0.25, -0.2) is 4.98 Å². The van der Waals surface area contributed by atoms with Gasteiger partial charge in [-0.2, -0.15) is 0 Å². The summed E-state index contributed by atoms with van der Waals surface area (Å²) in [5, 5.41) is 0. The van der Waals surface area contributed by atoms with E-state index in [1.165, 1.54) is 11.9 Å². The van der Waals surface area contributed by atoms with Crippen LogP contribution in [-0.4, -0.2) is 28.8 Å². The first-order chi connectivity index (χ1) is 9.79. The molecule has 2 heterocycles. The van der Waals surface area contributed by atoms with Crippen LogP contribution in [0.5, 0.6) is 0 Å². The van der Waals surface area contributed by atoms with E-state index in [2.05, 4.69) is 29.7 Å². The molecular weight excluding hydrogens is 250 g/mol. The number of fused-ring (bicyclic) bond motifs is 1. The van der Waals surface area contributed by atoms with E-state index in [4.69, 9.17) is 15.5 Å². The first-order valence-electron chi connectivity index (χ1n) is 7.57. The quantitative estimate of drug-likeness (QED) is 0.930. The number of benzene rings is 1. The van der Waals surface area contributed by atoms with Gasteiger partial charge in [-0.15, -0.1) is 0 Å². The fourth-order valence-electron chi connectivity index (χ4n) is 3.11. The Morgan fingerprint density at radius 1 is 1.45 bits per heavy atom. The number of nitrogens with two attached hydrogens (primary N) is 1. The lowest BCUT2D eigenvalue weighted by molar-refractivity contribution is 0.0447. The highest BCUT2D eigenvalue weighted by Crippen LogP contribution is 2.21. The number of nitrogens with zero attached hydrogens (tertiary/aromatic N) is 2. The molecule has 0 spiro atoms. The highest BCUT2D eigenvalue weighted by Gasteiger charge is 2.23. The Morgan fingerprint density at radius 2 is 2.30 bits per heavy atom. The minimum absolute atomic E-state index is 0.136. The van der Waals surface area contributed by atoms with E-state index in [0.29, 0.717) is 5.92 Å². The van der Waals surface area contributed by atoms with Crippen LogP contribution < -0.4 is 5.73 Å². The number of imidazole rings is 1. The number of hydrogen-bond donors (Lipinski definition) is 1. The van der Waals surface area contributed by atoms with Crippen molar-refractivity contribution in [3.8, 4) is 0 Å². The van der Waals surface area contributed by atoms with Gasteiger partial charge in [0.05, 0.1) is 17.6 Å². The van der Waals surface area contributed by atoms with Crippen LogP contribution in [0.2, 0.25) is 0 Å². The molecule has 4 nitrogen and oxygen atoms in total. The van der Waals surface area contributed by atoms with Gasteiger partial charge in [0.2, 0.25) is 0 Å². The Labute approximate surface area is 119 Å². The van der Waals surface area contributed by atoms with Gasteiger partial charge in [-0.1, -0.05) is 12.1 Å². The summed E-state index contributed by atoms with van der Waals surface area (Å²) in [7, 11) is 0. The second-order valence-electron chi connectivity index (χ2n) is 5.61. The van der Waals surface area contributed by atoms with Crippen molar-refractivity contribution in [3.05, 3.63) is 30.1 Å². The lowest BCUT2D eigenvalue weighted by Crippen LogP contribution is -2.38. The van der Waals surface area contributed by atoms with Gasteiger partial charge in [0.25, 0.3) is 0 Å². The van der Waals surface area contributed by atoms with Crippen LogP contribution in [-0.2, 0) is 17.7 Å². The minimum atomic E-state index is 0.136. The second-order valence-corrected chi connectivity index (χ2v) is 5.61. The van der Waals surface area contributed by atoms with Crippen molar-refractivity contribution >= 4 is 11.0 Å². The van der Waals surface area contributed by atoms with Crippen LogP contribution in [0, 0.1) is 5.92 Å². The second kappa shape index (κ2) is 5.94. The Bertz CT molecular complexity index is 572. The Kier molecular flexibility index (Phi) is 4.03. The van der Waals surface area contributed by atoms with Crippen molar-refractivity contribution in [1.29, 1.82) is 0 Å². The van der Waals surface area contributed by atoms with Gasteiger partial charge >= 0.3 is 0 Å². The molecular formula is C16H23N3O. The van der Waals surface area contributed by atoms with Crippen molar-refractivity contribution in [1.82, 2.24) is 9.55 Å². The topological polar surface area (TPSA) is 53.1 Å². The fourth-order valence-corrected chi connectivity index (χ4v) is 3.11. The first-order valence-corrected chi connectivity index (χ1v) is 7.57. The molecule has 0 bridgehead atoms. The number of aryl methyl sites for hydroxylation is 1. The van der Waals surface area contributed by atoms with E-state index in [1.807, 2.05) is 6.07 Å². The van der Waals surface area contributed by atoms with Gasteiger partial charge in [0.15, 0.2) is 0 Å². The first kappa shape index (κ1) is 13.6. The summed E-state index contributed by atoms with van der Waals surface area (Å²) < 4.78 is 7.83. The summed E-state index contributed by atoms with van der Waals surface area (Å²) in [6.07, 6.45) is 3.13. The van der Waals surface area contributed by atoms with Gasteiger partial charge < -0.3 is 15.0 Å². The van der Waals surface area contributed by atoms with Crippen LogP contribution in [0.15, 0.2) is 24.3 Å². The van der Waals surface area contributed by atoms with E-state index < -0.39 is 0 Å². The highest BCUT2D eigenvalue weighted by atomic mass is 16.5. The third-order valence-corrected chi connectivity index (χ3v) is 4.27. The van der Waals surface area contributed by atoms with Crippen molar-refractivity contribution < 1.29 is 4.74 Å². The molecule has 2 N–H and O–H groups in total. The molecule has 0 saturated carbocycles. The van der Waals surface area contributed by atoms with Gasteiger partial charge in [0.1, 0.15) is 5.82 Å². The van der Waals surface area contributed by atoms with Gasteiger partial charge in [0, 0.05) is 25.6 Å². The molecule has 2 atom stereocenters. The molecule has 20 heavy (non-hydrogen) atoms. The molecule has 0 amide bonds. The van der Waals surface area contributed by atoms with Crippen molar-refractivity contribution in [2.45, 2.75) is 38.8 Å². The van der Waals surface area contributed by atoms with Gasteiger partial charge in [-0.3, -0.25) is 0 Å². The largest absolute Gasteiger partial charge is 0.381 e. The lowest BCUT2D eigenvalue weighted by atomic mass is 9.92. The van der Waals surface area contributed by atoms with Crippen LogP contribution in [0.1, 0.15) is 25.6 Å². The normalized spacial score (nSPS) is 21.2. The average molecular weight is 273 g/mol. The maximum absolute atomic E-state index is 6.39. The van der Waals surface area contributed by atoms with Crippen LogP contribution in [0.25, 0.3) is 11.0 Å². The summed E-state index contributed by atoms with van der Waals surface area (Å²) in [6.45, 7) is 4.78. The van der Waals surface area contributed by atoms with Gasteiger partial charge in [-0.05, 0) is 37.8 Å². The van der Waals surface area contributed by atoms with E-state index in [1.54, 1.807) is 0 Å². The van der Waals surface area contributed by atoms with Crippen molar-refractivity contribution in [2.24, 2.45) is 11.7 Å². The zero-order chi connectivity index (χ0) is 13.9. The molecule has 2 unspecified atom stereocenters. The van der Waals surface area contributed by atoms with E-state index >= 15 is 0 Å². The Hall–Kier alpha value is -1.39. The summed E-state index contributed by atoms with van der Waals surface area (Å²) in [5.41, 5.74) is 8.66. The summed E-state index contributed by atoms with van der Waals surface area (Å²) in [6, 6.07) is 8.44. The molecule has 1 aliphatic rings. The predicted molar refractivity (Wildman–Crippen MR) is 80.6 cm³/mol. The van der Waals surface area contributed by atoms with Crippen LogP contribution >= 0.6 is 0 Å². The van der Waals surface area contributed by atoms with Crippen molar-refractivity contribution in [3.63, 3.8) is 0 Å². The van der Waals surface area contributed by atoms with Crippen LogP contribution in [0.3, 0.4) is 0 Å². The molecule has 2 aromatic rings. The number of hydrogen-bond acceptors (Lipinski definition) is 3.